The number of nitrogens with one attached hydrogen (secondary N) is 1. The number of rotatable bonds is 8. The molecule has 6 rings (SSSR count). The van der Waals surface area contributed by atoms with Gasteiger partial charge in [0.2, 0.25) is 0 Å². The Bertz CT molecular complexity index is 2000. The molecule has 13 heteroatoms. The third kappa shape index (κ3) is 5.47. The molecule has 1 aliphatic heterocycles. The number of carbonyl (C=O) groups excluding carboxylic acids is 1. The average Bonchev–Trinajstić information content (AvgIpc) is 3.56. The van der Waals surface area contributed by atoms with E-state index in [1.807, 2.05) is 44.2 Å². The van der Waals surface area contributed by atoms with Crippen LogP contribution in [0.15, 0.2) is 36.4 Å². The fourth-order valence-corrected chi connectivity index (χ4v) is 7.23. The molecule has 242 valence electrons. The summed E-state index contributed by atoms with van der Waals surface area (Å²) < 4.78 is 37.5. The molecular weight excluding hydrogens is 608 g/mol. The molecule has 1 saturated carbocycles. The van der Waals surface area contributed by atoms with Crippen LogP contribution in [0.2, 0.25) is 0 Å². The fraction of sp³-hybridized carbons (Fsp3) is 0.394. The molecule has 2 aromatic carbocycles. The van der Waals surface area contributed by atoms with Crippen LogP contribution in [-0.4, -0.2) is 70.5 Å². The molecule has 0 bridgehead atoms. The Morgan fingerprint density at radius 3 is 2.46 bits per heavy atom. The molecule has 0 atom stereocenters. The van der Waals surface area contributed by atoms with E-state index in [0.717, 1.165) is 57.7 Å². The third-order valence-electron chi connectivity index (χ3n) is 8.94. The van der Waals surface area contributed by atoms with E-state index in [0.29, 0.717) is 17.0 Å². The predicted octanol–water partition coefficient (Wildman–Crippen LogP) is 5.33. The number of allylic oxidation sites excluding steroid dienone is 1. The van der Waals surface area contributed by atoms with Crippen molar-refractivity contribution >= 4 is 44.6 Å². The normalized spacial score (nSPS) is 15.4. The van der Waals surface area contributed by atoms with Gasteiger partial charge >= 0.3 is 16.2 Å². The van der Waals surface area contributed by atoms with Gasteiger partial charge in [0.05, 0.1) is 19.3 Å². The summed E-state index contributed by atoms with van der Waals surface area (Å²) in [4.78, 5) is 25.7. The lowest BCUT2D eigenvalue weighted by molar-refractivity contribution is 0.0689. The van der Waals surface area contributed by atoms with Crippen LogP contribution in [0, 0.1) is 0 Å². The van der Waals surface area contributed by atoms with Gasteiger partial charge in [0, 0.05) is 47.7 Å². The summed E-state index contributed by atoms with van der Waals surface area (Å²) in [7, 11) is 0.300. The van der Waals surface area contributed by atoms with Gasteiger partial charge in [-0.1, -0.05) is 30.5 Å². The number of carbonyl (C=O) groups is 2. The monoisotopic (exact) mass is 646 g/mol. The molecule has 1 amide bonds. The summed E-state index contributed by atoms with van der Waals surface area (Å²) in [6.45, 7) is 4.10. The molecule has 2 aliphatic rings. The van der Waals surface area contributed by atoms with E-state index in [1.54, 1.807) is 23.9 Å². The molecule has 0 spiro atoms. The van der Waals surface area contributed by atoms with Crippen LogP contribution in [0.3, 0.4) is 0 Å². The molecule has 0 radical (unpaired) electrons. The maximum atomic E-state index is 13.3. The van der Waals surface area contributed by atoms with E-state index in [9.17, 15) is 23.1 Å². The van der Waals surface area contributed by atoms with E-state index in [2.05, 4.69) is 19.6 Å². The maximum absolute atomic E-state index is 13.3. The zero-order valence-corrected chi connectivity index (χ0v) is 27.4. The van der Waals surface area contributed by atoms with Crippen molar-refractivity contribution in [2.45, 2.75) is 64.5 Å². The summed E-state index contributed by atoms with van der Waals surface area (Å²) in [5.41, 5.74) is 5.86. The number of ether oxygens (including phenoxy) is 1. The molecule has 1 aliphatic carbocycles. The van der Waals surface area contributed by atoms with Crippen molar-refractivity contribution in [1.29, 1.82) is 0 Å². The SMILES string of the molecule is COc1ccc2c(c1)C=C(c1c(C(=O)O)nnn1C(C)C)Cn1c-2c(C2CCCCC2)c2ccc(C(=O)NS(=O)(=O)N(C)C)cc21. The number of hydrogen-bond acceptors (Lipinski definition) is 7. The first kappa shape index (κ1) is 31.5. The lowest BCUT2D eigenvalue weighted by Gasteiger charge is -2.24. The van der Waals surface area contributed by atoms with Gasteiger partial charge in [-0.05, 0) is 80.1 Å². The summed E-state index contributed by atoms with van der Waals surface area (Å²) in [5, 5.41) is 19.4. The summed E-state index contributed by atoms with van der Waals surface area (Å²) in [6.07, 6.45) is 7.42. The summed E-state index contributed by atoms with van der Waals surface area (Å²) >= 11 is 0. The highest BCUT2D eigenvalue weighted by atomic mass is 32.2. The third-order valence-corrected chi connectivity index (χ3v) is 10.3. The number of fused-ring (bicyclic) bond motifs is 5. The maximum Gasteiger partial charge on any atom is 0.358 e. The number of benzene rings is 2. The van der Waals surface area contributed by atoms with Crippen molar-refractivity contribution in [1.82, 2.24) is 28.6 Å². The second-order valence-corrected chi connectivity index (χ2v) is 14.3. The number of carboxylic acids is 1. The van der Waals surface area contributed by atoms with Crippen LogP contribution in [0.4, 0.5) is 0 Å². The first-order valence-electron chi connectivity index (χ1n) is 15.4. The van der Waals surface area contributed by atoms with Gasteiger partial charge in [-0.2, -0.15) is 12.7 Å². The Balaban J connectivity index is 1.65. The van der Waals surface area contributed by atoms with Gasteiger partial charge in [-0.15, -0.1) is 5.10 Å². The van der Waals surface area contributed by atoms with E-state index in [-0.39, 0.29) is 29.8 Å². The zero-order valence-electron chi connectivity index (χ0n) is 26.6. The van der Waals surface area contributed by atoms with Crippen LogP contribution < -0.4 is 9.46 Å². The summed E-state index contributed by atoms with van der Waals surface area (Å²) in [6, 6.07) is 11.0. The highest BCUT2D eigenvalue weighted by Crippen LogP contribution is 2.48. The highest BCUT2D eigenvalue weighted by Gasteiger charge is 2.32. The minimum Gasteiger partial charge on any atom is -0.497 e. The second-order valence-electron chi connectivity index (χ2n) is 12.4. The zero-order chi connectivity index (χ0) is 32.9. The van der Waals surface area contributed by atoms with Gasteiger partial charge in [-0.3, -0.25) is 4.79 Å². The minimum absolute atomic E-state index is 0.147. The number of aromatic nitrogens is 4. The number of aromatic carboxylic acids is 1. The molecule has 0 unspecified atom stereocenters. The van der Waals surface area contributed by atoms with Gasteiger partial charge < -0.3 is 14.4 Å². The van der Waals surface area contributed by atoms with Crippen molar-refractivity contribution in [2.75, 3.05) is 21.2 Å². The Morgan fingerprint density at radius 2 is 1.80 bits per heavy atom. The van der Waals surface area contributed by atoms with Crippen LogP contribution >= 0.6 is 0 Å². The lowest BCUT2D eigenvalue weighted by Crippen LogP contribution is -2.39. The molecule has 12 nitrogen and oxygen atoms in total. The fourth-order valence-electron chi connectivity index (χ4n) is 6.69. The van der Waals surface area contributed by atoms with Gasteiger partial charge in [-0.25, -0.2) is 14.2 Å². The van der Waals surface area contributed by atoms with E-state index in [1.165, 1.54) is 26.1 Å². The van der Waals surface area contributed by atoms with E-state index in [4.69, 9.17) is 4.74 Å². The van der Waals surface area contributed by atoms with Crippen molar-refractivity contribution in [3.8, 4) is 17.0 Å². The summed E-state index contributed by atoms with van der Waals surface area (Å²) in [5.74, 6) is -0.988. The van der Waals surface area contributed by atoms with Crippen LogP contribution in [0.5, 0.6) is 5.75 Å². The molecule has 4 aromatic rings. The minimum atomic E-state index is -4.01. The van der Waals surface area contributed by atoms with E-state index >= 15 is 0 Å². The lowest BCUT2D eigenvalue weighted by atomic mass is 9.81. The molecule has 3 heterocycles. The second kappa shape index (κ2) is 12.0. The first-order chi connectivity index (χ1) is 21.9. The number of nitrogens with zero attached hydrogens (tertiary/aromatic N) is 5. The van der Waals surface area contributed by atoms with Crippen molar-refractivity contribution in [2.24, 2.45) is 0 Å². The number of hydrogen-bond donors (Lipinski definition) is 2. The van der Waals surface area contributed by atoms with Crippen molar-refractivity contribution in [3.63, 3.8) is 0 Å². The Morgan fingerprint density at radius 1 is 1.07 bits per heavy atom. The highest BCUT2D eigenvalue weighted by molar-refractivity contribution is 7.87. The standard InChI is InChI=1S/C33H38N6O6S/c1-19(2)39-30(29(33(41)42)34-36-39)23-15-22-16-24(45-5)12-14-25(22)31-28(20-9-7-6-8-10-20)26-13-11-21(17-27(26)38(31)18-23)32(40)35-46(43,44)37(3)4/h11-17,19-20H,6-10,18H2,1-5H3,(H,35,40)(H,41,42). The topological polar surface area (TPSA) is 149 Å². The average molecular weight is 647 g/mol. The molecule has 2 N–H and O–H groups in total. The van der Waals surface area contributed by atoms with Crippen molar-refractivity contribution < 1.29 is 27.9 Å². The Labute approximate surface area is 267 Å². The smallest absolute Gasteiger partial charge is 0.358 e. The van der Waals surface area contributed by atoms with Crippen LogP contribution in [0.25, 0.3) is 33.8 Å². The first-order valence-corrected chi connectivity index (χ1v) is 16.8. The number of methoxy groups -OCH3 is 1. The van der Waals surface area contributed by atoms with Crippen molar-refractivity contribution in [3.05, 3.63) is 64.5 Å². The van der Waals surface area contributed by atoms with Crippen LogP contribution in [-0.2, 0) is 16.8 Å². The Kier molecular flexibility index (Phi) is 8.23. The quantitative estimate of drug-likeness (QED) is 0.261. The molecule has 46 heavy (non-hydrogen) atoms. The van der Waals surface area contributed by atoms with Gasteiger partial charge in [0.1, 0.15) is 11.4 Å². The molecule has 0 saturated heterocycles. The molecular formula is C33H38N6O6S. The van der Waals surface area contributed by atoms with Gasteiger partial charge in [0.15, 0.2) is 5.69 Å². The number of amides is 1. The van der Waals surface area contributed by atoms with Gasteiger partial charge in [0.25, 0.3) is 5.91 Å². The van der Waals surface area contributed by atoms with Crippen LogP contribution in [0.1, 0.15) is 95.6 Å². The molecule has 1 fully saturated rings. The number of carboxylic acid groups (broad SMARTS) is 1. The van der Waals surface area contributed by atoms with E-state index < -0.39 is 22.1 Å². The Hall–Kier alpha value is -4.49. The predicted molar refractivity (Wildman–Crippen MR) is 175 cm³/mol. The molecule has 2 aromatic heterocycles. The largest absolute Gasteiger partial charge is 0.497 e.